The Kier molecular flexibility index (Phi) is 51.8. The molecule has 0 radical (unpaired) electrons. The molecule has 2 rings (SSSR count). The number of rotatable bonds is 6. The van der Waals surface area contributed by atoms with Crippen molar-refractivity contribution in [3.8, 4) is 0 Å². The predicted molar refractivity (Wildman–Crippen MR) is 124 cm³/mol. The molecular formula is C22H42ClSi2Zr-7. The molecule has 0 unspecified atom stereocenters. The van der Waals surface area contributed by atoms with Gasteiger partial charge in [0.2, 0.25) is 0 Å². The quantitative estimate of drug-likeness (QED) is 0.432. The van der Waals surface area contributed by atoms with Crippen LogP contribution in [-0.2, 0) is 33.3 Å². The summed E-state index contributed by atoms with van der Waals surface area (Å²) in [4.78, 5) is 0. The monoisotopic (exact) mass is 487 g/mol. The fraction of sp³-hybridized carbons (Fsp3) is 0.364. The van der Waals surface area contributed by atoms with Crippen molar-refractivity contribution >= 4 is 13.8 Å². The first-order valence-corrected chi connectivity index (χ1v) is 19.8. The second-order valence-electron chi connectivity index (χ2n) is 5.04. The molecule has 0 aromatic heterocycles. The molecule has 2 aromatic carbocycles. The molecule has 0 saturated heterocycles. The predicted octanol–water partition coefficient (Wildman–Crippen LogP) is 2.47. The van der Waals surface area contributed by atoms with Gasteiger partial charge in [0.25, 0.3) is 0 Å². The van der Waals surface area contributed by atoms with Crippen LogP contribution in [0.1, 0.15) is 50.7 Å². The fourth-order valence-electron chi connectivity index (χ4n) is 1.92. The summed E-state index contributed by atoms with van der Waals surface area (Å²) in [6, 6.07) is 17.2. The molecule has 0 saturated carbocycles. The number of aryl methyl sites for hydroxylation is 2. The Hall–Kier alpha value is 0.307. The summed E-state index contributed by atoms with van der Waals surface area (Å²) in [6.45, 7) is 8.76. The van der Waals surface area contributed by atoms with E-state index in [1.165, 1.54) is 49.7 Å². The van der Waals surface area contributed by atoms with Gasteiger partial charge in [-0.2, -0.15) is 47.5 Å². The molecule has 0 fully saturated rings. The van der Waals surface area contributed by atoms with Gasteiger partial charge in [-0.15, -0.1) is 0 Å². The third kappa shape index (κ3) is 26.5. The molecule has 0 heterocycles. The van der Waals surface area contributed by atoms with Gasteiger partial charge in [0.05, 0.1) is 0 Å². The van der Waals surface area contributed by atoms with Gasteiger partial charge in [-0.05, 0) is 0 Å². The van der Waals surface area contributed by atoms with Gasteiger partial charge in [-0.1, -0.05) is 52.4 Å². The van der Waals surface area contributed by atoms with Crippen LogP contribution < -0.4 is 12.4 Å². The minimum atomic E-state index is 0. The summed E-state index contributed by atoms with van der Waals surface area (Å²) in [5, 5.41) is 0. The third-order valence-corrected chi connectivity index (χ3v) is 3.10. The molecule has 26 heavy (non-hydrogen) atoms. The first kappa shape index (κ1) is 40.9. The summed E-state index contributed by atoms with van der Waals surface area (Å²) in [5.41, 5.74) is 2.97. The molecule has 156 valence electrons. The van der Waals surface area contributed by atoms with Gasteiger partial charge in [0.1, 0.15) is 0 Å². The first-order chi connectivity index (χ1) is 10.3. The Bertz CT molecular complexity index is 406. The summed E-state index contributed by atoms with van der Waals surface area (Å²) < 4.78 is 0. The normalized spacial score (nSPS) is 7.15. The van der Waals surface area contributed by atoms with Gasteiger partial charge >= 0.3 is 34.2 Å². The van der Waals surface area contributed by atoms with Crippen molar-refractivity contribution in [2.75, 3.05) is 0 Å². The average Bonchev–Trinajstić information content (AvgIpc) is 3.18. The van der Waals surface area contributed by atoms with Crippen molar-refractivity contribution in [2.45, 2.75) is 52.4 Å². The van der Waals surface area contributed by atoms with E-state index in [-0.39, 0.29) is 62.6 Å². The zero-order valence-electron chi connectivity index (χ0n) is 18.2. The van der Waals surface area contributed by atoms with Gasteiger partial charge in [-0.3, -0.25) is 0 Å². The zero-order valence-corrected chi connectivity index (χ0v) is 24.2. The van der Waals surface area contributed by atoms with Crippen LogP contribution in [0.2, 0.25) is 0 Å². The molecule has 0 aliphatic heterocycles. The standard InChI is InChI=1S/2C9H13.4CH3.ClH.2H2Si.Zr/c2*1-2-3-6-9-7-4-5-8-9;;;;;;;;/h2*4-5,7-8H,2-3,6H2,1H3;4*1H3;1H;2*1H2;/q6*-1;;;;/p-1. The molecule has 0 nitrogen and oxygen atoms in total. The van der Waals surface area contributed by atoms with Crippen molar-refractivity contribution in [3.63, 3.8) is 0 Å². The van der Waals surface area contributed by atoms with Crippen LogP contribution in [0.25, 0.3) is 0 Å². The van der Waals surface area contributed by atoms with Crippen LogP contribution in [0.3, 0.4) is 0 Å². The number of hydrogen-bond acceptors (Lipinski definition) is 0. The van der Waals surface area contributed by atoms with Gasteiger partial charge < -0.3 is 42.1 Å². The van der Waals surface area contributed by atoms with Crippen LogP contribution in [0.4, 0.5) is 0 Å². The minimum absolute atomic E-state index is 0. The summed E-state index contributed by atoms with van der Waals surface area (Å²) in [7, 11) is 0. The molecule has 0 aliphatic carbocycles. The molecule has 2 aromatic rings. The van der Waals surface area contributed by atoms with E-state index in [4.69, 9.17) is 0 Å². The number of unbranched alkanes of at least 4 members (excludes halogenated alkanes) is 2. The van der Waals surface area contributed by atoms with E-state index < -0.39 is 0 Å². The fourth-order valence-corrected chi connectivity index (χ4v) is 1.92. The topological polar surface area (TPSA) is 0 Å². The molecular weight excluding hydrogens is 447 g/mol. The second kappa shape index (κ2) is 32.9. The van der Waals surface area contributed by atoms with Gasteiger partial charge in [0.15, 0.2) is 0 Å². The summed E-state index contributed by atoms with van der Waals surface area (Å²) in [5.74, 6) is 0. The van der Waals surface area contributed by atoms with Crippen molar-refractivity contribution in [3.05, 3.63) is 89.4 Å². The van der Waals surface area contributed by atoms with Crippen LogP contribution >= 0.6 is 0 Å². The van der Waals surface area contributed by atoms with E-state index in [0.29, 0.717) is 0 Å². The Morgan fingerprint density at radius 2 is 1.08 bits per heavy atom. The molecule has 0 aliphatic rings. The van der Waals surface area contributed by atoms with Crippen LogP contribution in [0, 0.1) is 29.7 Å². The molecule has 4 heteroatoms. The van der Waals surface area contributed by atoms with E-state index in [1.54, 1.807) is 0 Å². The number of hydrogen-bond donors (Lipinski definition) is 0. The van der Waals surface area contributed by atoms with Crippen molar-refractivity contribution in [2.24, 2.45) is 0 Å². The van der Waals surface area contributed by atoms with Crippen molar-refractivity contribution < 1.29 is 32.9 Å². The Balaban J connectivity index is -0.0000000573. The van der Waals surface area contributed by atoms with E-state index in [9.17, 15) is 0 Å². The molecule has 0 bridgehead atoms. The molecule has 0 N–H and O–H groups in total. The second-order valence-corrected chi connectivity index (χ2v) is 18.1. The van der Waals surface area contributed by atoms with Gasteiger partial charge in [0, 0.05) is 0 Å². The van der Waals surface area contributed by atoms with Crippen LogP contribution in [0.5, 0.6) is 0 Å². The van der Waals surface area contributed by atoms with Crippen molar-refractivity contribution in [1.82, 2.24) is 0 Å². The zero-order chi connectivity index (χ0) is 15.8. The first-order valence-electron chi connectivity index (χ1n) is 7.98. The van der Waals surface area contributed by atoms with Crippen molar-refractivity contribution in [1.29, 1.82) is 0 Å². The van der Waals surface area contributed by atoms with E-state index >= 15 is 0 Å². The SMILES string of the molecule is CCCCc1cc[cH-]c1.CCCCc1cc[cH-]c1.[CH3-].[CH3-].[CH3-].[CH3-].[Cl-].[SiH2]=[Zr]=[SiH2]. The number of halogens is 1. The molecule has 0 amide bonds. The van der Waals surface area contributed by atoms with Crippen LogP contribution in [0.15, 0.2) is 48.5 Å². The van der Waals surface area contributed by atoms with E-state index in [2.05, 4.69) is 76.1 Å². The van der Waals surface area contributed by atoms with E-state index in [0.717, 1.165) is 0 Å². The Labute approximate surface area is 187 Å². The van der Waals surface area contributed by atoms with Crippen LogP contribution in [-0.4, -0.2) is 13.8 Å². The summed E-state index contributed by atoms with van der Waals surface area (Å²) >= 11 is 0.286. The average molecular weight is 489 g/mol. The third-order valence-electron chi connectivity index (χ3n) is 3.10. The maximum atomic E-state index is 2.23. The summed E-state index contributed by atoms with van der Waals surface area (Å²) in [6.07, 6.45) is 7.75. The molecule has 0 atom stereocenters. The van der Waals surface area contributed by atoms with Gasteiger partial charge in [-0.25, -0.2) is 12.1 Å². The van der Waals surface area contributed by atoms with E-state index in [1.807, 2.05) is 0 Å². The Morgan fingerprint density at radius 3 is 1.27 bits per heavy atom. The Morgan fingerprint density at radius 1 is 0.769 bits per heavy atom. The molecule has 0 spiro atoms. The maximum absolute atomic E-state index is 2.23.